The molecule has 0 bridgehead atoms. The molecule has 1 atom stereocenters. The first kappa shape index (κ1) is 14.3. The van der Waals surface area contributed by atoms with Crippen molar-refractivity contribution in [2.24, 2.45) is 11.1 Å². The minimum Gasteiger partial charge on any atom is -0.323 e. The van der Waals surface area contributed by atoms with Gasteiger partial charge in [0.25, 0.3) is 5.91 Å². The highest BCUT2D eigenvalue weighted by molar-refractivity contribution is 6.09. The molecule has 0 aromatic heterocycles. The number of hydrogen-bond acceptors (Lipinski definition) is 3. The summed E-state index contributed by atoms with van der Waals surface area (Å²) in [6, 6.07) is 5.72. The van der Waals surface area contributed by atoms with Crippen LogP contribution in [-0.4, -0.2) is 23.8 Å². The van der Waals surface area contributed by atoms with Gasteiger partial charge in [-0.3, -0.25) is 14.5 Å². The fraction of sp³-hybridized carbons (Fsp3) is 0.529. The number of benzene rings is 1. The molecule has 0 spiro atoms. The fourth-order valence-corrected chi connectivity index (χ4v) is 3.61. The van der Waals surface area contributed by atoms with Gasteiger partial charge < -0.3 is 5.73 Å². The average Bonchev–Trinajstić information content (AvgIpc) is 2.92. The number of carbonyl (C=O) groups excluding carboxylic acids is 2. The van der Waals surface area contributed by atoms with Crippen LogP contribution >= 0.6 is 0 Å². The lowest BCUT2D eigenvalue weighted by atomic mass is 9.77. The van der Waals surface area contributed by atoms with Gasteiger partial charge in [0.05, 0.1) is 6.42 Å². The lowest BCUT2D eigenvalue weighted by Gasteiger charge is -2.32. The number of carbonyl (C=O) groups is 2. The van der Waals surface area contributed by atoms with Crippen LogP contribution < -0.4 is 5.73 Å². The third-order valence-electron chi connectivity index (χ3n) is 5.24. The molecule has 1 aromatic rings. The van der Waals surface area contributed by atoms with Crippen molar-refractivity contribution in [1.29, 1.82) is 0 Å². The van der Waals surface area contributed by atoms with Gasteiger partial charge in [-0.05, 0) is 35.4 Å². The molecule has 112 valence electrons. The zero-order valence-corrected chi connectivity index (χ0v) is 12.7. The van der Waals surface area contributed by atoms with Crippen LogP contribution in [0.25, 0.3) is 0 Å². The standard InChI is InChI=1S/C17H22N2O2/c1-17(7-3-4-8-17)15(18)12-6-5-11-10-14(20)19(2)16(21)13(11)9-12/h5-6,9,15H,3-4,7-8,10,18H2,1-2H3. The van der Waals surface area contributed by atoms with E-state index in [0.717, 1.165) is 24.0 Å². The van der Waals surface area contributed by atoms with E-state index in [1.807, 2.05) is 18.2 Å². The molecule has 3 rings (SSSR count). The summed E-state index contributed by atoms with van der Waals surface area (Å²) in [6.45, 7) is 2.24. The summed E-state index contributed by atoms with van der Waals surface area (Å²) in [7, 11) is 1.54. The van der Waals surface area contributed by atoms with Crippen molar-refractivity contribution < 1.29 is 9.59 Å². The molecule has 0 radical (unpaired) electrons. The first-order valence-electron chi connectivity index (χ1n) is 7.62. The molecule has 1 heterocycles. The van der Waals surface area contributed by atoms with Gasteiger partial charge in [0, 0.05) is 18.7 Å². The third kappa shape index (κ3) is 2.27. The third-order valence-corrected chi connectivity index (χ3v) is 5.24. The zero-order valence-electron chi connectivity index (χ0n) is 12.7. The predicted molar refractivity (Wildman–Crippen MR) is 80.7 cm³/mol. The lowest BCUT2D eigenvalue weighted by molar-refractivity contribution is -0.127. The Bertz CT molecular complexity index is 603. The average molecular weight is 286 g/mol. The van der Waals surface area contributed by atoms with Crippen molar-refractivity contribution >= 4 is 11.8 Å². The van der Waals surface area contributed by atoms with Gasteiger partial charge in [0.1, 0.15) is 0 Å². The normalized spacial score (nSPS) is 22.3. The van der Waals surface area contributed by atoms with E-state index in [9.17, 15) is 9.59 Å². The second-order valence-corrected chi connectivity index (χ2v) is 6.69. The summed E-state index contributed by atoms with van der Waals surface area (Å²) >= 11 is 0. The number of rotatable bonds is 2. The van der Waals surface area contributed by atoms with Gasteiger partial charge >= 0.3 is 0 Å². The van der Waals surface area contributed by atoms with E-state index in [1.54, 1.807) is 7.05 Å². The van der Waals surface area contributed by atoms with E-state index >= 15 is 0 Å². The van der Waals surface area contributed by atoms with Crippen molar-refractivity contribution in [2.75, 3.05) is 7.05 Å². The van der Waals surface area contributed by atoms with Gasteiger partial charge in [-0.1, -0.05) is 31.9 Å². The Morgan fingerprint density at radius 1 is 1.24 bits per heavy atom. The molecule has 4 nitrogen and oxygen atoms in total. The fourth-order valence-electron chi connectivity index (χ4n) is 3.61. The van der Waals surface area contributed by atoms with Crippen LogP contribution in [0.3, 0.4) is 0 Å². The first-order chi connectivity index (χ1) is 9.92. The molecule has 21 heavy (non-hydrogen) atoms. The molecule has 1 fully saturated rings. The molecule has 1 aromatic carbocycles. The maximum atomic E-state index is 12.3. The second-order valence-electron chi connectivity index (χ2n) is 6.69. The van der Waals surface area contributed by atoms with Crippen molar-refractivity contribution in [1.82, 2.24) is 4.90 Å². The largest absolute Gasteiger partial charge is 0.323 e. The van der Waals surface area contributed by atoms with E-state index in [2.05, 4.69) is 6.92 Å². The quantitative estimate of drug-likeness (QED) is 0.849. The highest BCUT2D eigenvalue weighted by atomic mass is 16.2. The van der Waals surface area contributed by atoms with Gasteiger partial charge in [0.2, 0.25) is 5.91 Å². The number of likely N-dealkylation sites (N-methyl/N-ethyl adjacent to an activating group) is 1. The van der Waals surface area contributed by atoms with Crippen molar-refractivity contribution in [3.05, 3.63) is 34.9 Å². The number of fused-ring (bicyclic) bond motifs is 1. The molecule has 2 amide bonds. The molecule has 2 N–H and O–H groups in total. The van der Waals surface area contributed by atoms with Crippen LogP contribution in [0.4, 0.5) is 0 Å². The Morgan fingerprint density at radius 3 is 2.57 bits per heavy atom. The van der Waals surface area contributed by atoms with E-state index < -0.39 is 0 Å². The number of hydrogen-bond donors (Lipinski definition) is 1. The molecule has 1 aliphatic carbocycles. The van der Waals surface area contributed by atoms with Crippen molar-refractivity contribution in [2.45, 2.75) is 45.1 Å². The van der Waals surface area contributed by atoms with Crippen LogP contribution in [0.2, 0.25) is 0 Å². The summed E-state index contributed by atoms with van der Waals surface area (Å²) in [5.41, 5.74) is 9.06. The van der Waals surface area contributed by atoms with Crippen LogP contribution in [0.15, 0.2) is 18.2 Å². The molecule has 0 saturated heterocycles. The Hall–Kier alpha value is -1.68. The van der Waals surface area contributed by atoms with Crippen molar-refractivity contribution in [3.63, 3.8) is 0 Å². The number of nitrogens with two attached hydrogens (primary N) is 1. The lowest BCUT2D eigenvalue weighted by Crippen LogP contribution is -2.39. The zero-order chi connectivity index (χ0) is 15.2. The van der Waals surface area contributed by atoms with E-state index in [0.29, 0.717) is 12.0 Å². The summed E-state index contributed by atoms with van der Waals surface area (Å²) < 4.78 is 0. The van der Waals surface area contributed by atoms with Crippen molar-refractivity contribution in [3.8, 4) is 0 Å². The smallest absolute Gasteiger partial charge is 0.260 e. The topological polar surface area (TPSA) is 63.4 Å². The van der Waals surface area contributed by atoms with E-state index in [1.165, 1.54) is 17.7 Å². The molecule has 1 unspecified atom stereocenters. The Morgan fingerprint density at radius 2 is 1.90 bits per heavy atom. The minimum absolute atomic E-state index is 0.0546. The molecule has 1 saturated carbocycles. The van der Waals surface area contributed by atoms with Crippen LogP contribution in [0.1, 0.15) is 60.1 Å². The number of amides is 2. The Labute approximate surface area is 125 Å². The summed E-state index contributed by atoms with van der Waals surface area (Å²) in [5, 5.41) is 0. The minimum atomic E-state index is -0.216. The second kappa shape index (κ2) is 4.95. The molecule has 2 aliphatic rings. The SMILES string of the molecule is CN1C(=O)Cc2ccc(C(N)C3(C)CCCC3)cc2C1=O. The summed E-state index contributed by atoms with van der Waals surface area (Å²) in [6.07, 6.45) is 5.02. The maximum Gasteiger partial charge on any atom is 0.260 e. The van der Waals surface area contributed by atoms with Gasteiger partial charge in [-0.2, -0.15) is 0 Å². The van der Waals surface area contributed by atoms with E-state index in [-0.39, 0.29) is 23.3 Å². The Balaban J connectivity index is 1.96. The summed E-state index contributed by atoms with van der Waals surface area (Å²) in [5.74, 6) is -0.362. The monoisotopic (exact) mass is 286 g/mol. The number of imide groups is 1. The van der Waals surface area contributed by atoms with Crippen LogP contribution in [0.5, 0.6) is 0 Å². The van der Waals surface area contributed by atoms with Gasteiger partial charge in [0.15, 0.2) is 0 Å². The van der Waals surface area contributed by atoms with Gasteiger partial charge in [-0.25, -0.2) is 0 Å². The predicted octanol–water partition coefficient (Wildman–Crippen LogP) is 2.42. The molecule has 1 aliphatic heterocycles. The molecule has 4 heteroatoms. The molecular formula is C17H22N2O2. The molecular weight excluding hydrogens is 264 g/mol. The number of nitrogens with zero attached hydrogens (tertiary/aromatic N) is 1. The van der Waals surface area contributed by atoms with Crippen LogP contribution in [0, 0.1) is 5.41 Å². The highest BCUT2D eigenvalue weighted by Gasteiger charge is 2.36. The first-order valence-corrected chi connectivity index (χ1v) is 7.62. The summed E-state index contributed by atoms with van der Waals surface area (Å²) in [4.78, 5) is 25.2. The maximum absolute atomic E-state index is 12.3. The van der Waals surface area contributed by atoms with E-state index in [4.69, 9.17) is 5.73 Å². The Kier molecular flexibility index (Phi) is 3.36. The van der Waals surface area contributed by atoms with Gasteiger partial charge in [-0.15, -0.1) is 0 Å². The van der Waals surface area contributed by atoms with Crippen LogP contribution in [-0.2, 0) is 11.2 Å². The highest BCUT2D eigenvalue weighted by Crippen LogP contribution is 2.46.